The lowest BCUT2D eigenvalue weighted by atomic mass is 10.4. The Labute approximate surface area is 81.9 Å². The molecule has 6 heteroatoms. The van der Waals surface area contributed by atoms with Gasteiger partial charge in [0.2, 0.25) is 0 Å². The molecule has 0 radical (unpaired) electrons. The van der Waals surface area contributed by atoms with Crippen LogP contribution in [0, 0.1) is 0 Å². The zero-order valence-electron chi connectivity index (χ0n) is 7.61. The molecule has 80 valence electrons. The largest absolute Gasteiger partial charge is 0.469 e. The lowest BCUT2D eigenvalue weighted by molar-refractivity contribution is -0.0177. The topological polar surface area (TPSA) is 87.0 Å². The average molecular weight is 215 g/mol. The molecule has 13 heavy (non-hydrogen) atoms. The van der Waals surface area contributed by atoms with Crippen LogP contribution >= 0.6 is 11.6 Å². The summed E-state index contributed by atoms with van der Waals surface area (Å²) in [6.45, 7) is 3.70. The number of carbonyl (C=O) groups is 1. The van der Waals surface area contributed by atoms with E-state index in [9.17, 15) is 0 Å². The first-order chi connectivity index (χ1) is 5.90. The molecule has 3 N–H and O–H groups in total. The second kappa shape index (κ2) is 9.73. The van der Waals surface area contributed by atoms with Gasteiger partial charge >= 0.3 is 5.43 Å². The van der Waals surface area contributed by atoms with E-state index in [0.29, 0.717) is 6.61 Å². The number of aliphatic hydroxyl groups excluding tert-OH is 2. The summed E-state index contributed by atoms with van der Waals surface area (Å²) >= 11 is 4.19. The van der Waals surface area contributed by atoms with Gasteiger partial charge in [0, 0.05) is 11.6 Å². The molecule has 0 rings (SSSR count). The van der Waals surface area contributed by atoms with Gasteiger partial charge in [-0.15, -0.1) is 0 Å². The first kappa shape index (κ1) is 15.1. The average Bonchev–Trinajstić information content (AvgIpc) is 1.99. The maximum Gasteiger partial charge on any atom is 0.401 e. The van der Waals surface area contributed by atoms with Crippen LogP contribution in [0.5, 0.6) is 0 Å². The van der Waals surface area contributed by atoms with E-state index in [1.807, 2.05) is 0 Å². The number of aliphatic hydroxyl groups is 2. The maximum atomic E-state index is 8.77. The van der Waals surface area contributed by atoms with Crippen molar-refractivity contribution in [3.05, 3.63) is 0 Å². The van der Waals surface area contributed by atoms with E-state index in [1.165, 1.54) is 0 Å². The quantitative estimate of drug-likeness (QED) is 0.599. The first-order valence-corrected chi connectivity index (χ1v) is 4.06. The Morgan fingerprint density at radius 1 is 1.54 bits per heavy atom. The van der Waals surface area contributed by atoms with Crippen molar-refractivity contribution >= 4 is 17.0 Å². The van der Waals surface area contributed by atoms with Gasteiger partial charge in [-0.2, -0.15) is 0 Å². The summed E-state index contributed by atoms with van der Waals surface area (Å²) in [6.07, 6.45) is -0.612. The molecule has 0 amide bonds. The van der Waals surface area contributed by atoms with E-state index in [1.54, 1.807) is 13.8 Å². The molecule has 0 aliphatic carbocycles. The Balaban J connectivity index is 0. The lowest BCUT2D eigenvalue weighted by Crippen LogP contribution is -2.19. The molecule has 0 aromatic carbocycles. The van der Waals surface area contributed by atoms with Crippen molar-refractivity contribution in [1.82, 2.24) is 0 Å². The van der Waals surface area contributed by atoms with Crippen molar-refractivity contribution in [2.75, 3.05) is 13.2 Å². The van der Waals surface area contributed by atoms with E-state index in [-0.39, 0.29) is 12.7 Å². The van der Waals surface area contributed by atoms with E-state index in [0.717, 1.165) is 0 Å². The normalized spacial score (nSPS) is 13.9. The SMILES string of the molecule is CC(O)COC(C)CO.O=C(O)Cl. The van der Waals surface area contributed by atoms with Gasteiger partial charge in [0.1, 0.15) is 0 Å². The first-order valence-electron chi connectivity index (χ1n) is 3.69. The van der Waals surface area contributed by atoms with Crippen molar-refractivity contribution in [1.29, 1.82) is 0 Å². The third-order valence-corrected chi connectivity index (χ3v) is 0.879. The fourth-order valence-corrected chi connectivity index (χ4v) is 0.356. The van der Waals surface area contributed by atoms with Gasteiger partial charge in [0.05, 0.1) is 25.4 Å². The molecule has 2 atom stereocenters. The third kappa shape index (κ3) is 24.5. The molecule has 5 nitrogen and oxygen atoms in total. The summed E-state index contributed by atoms with van der Waals surface area (Å²) in [5, 5.41) is 24.3. The van der Waals surface area contributed by atoms with Crippen LogP contribution in [0.15, 0.2) is 0 Å². The number of rotatable bonds is 4. The van der Waals surface area contributed by atoms with Gasteiger partial charge in [0.25, 0.3) is 0 Å². The molecular formula is C7H15ClO5. The molecule has 0 spiro atoms. The molecule has 0 saturated carbocycles. The van der Waals surface area contributed by atoms with E-state index in [2.05, 4.69) is 11.6 Å². The minimum atomic E-state index is -1.36. The Hall–Kier alpha value is -0.360. The summed E-state index contributed by atoms with van der Waals surface area (Å²) in [6, 6.07) is 0. The third-order valence-electron chi connectivity index (χ3n) is 0.879. The van der Waals surface area contributed by atoms with Crippen molar-refractivity contribution in [2.24, 2.45) is 0 Å². The highest BCUT2D eigenvalue weighted by Gasteiger charge is 2.00. The summed E-state index contributed by atoms with van der Waals surface area (Å²) in [4.78, 5) is 8.77. The van der Waals surface area contributed by atoms with Gasteiger partial charge in [-0.1, -0.05) is 0 Å². The monoisotopic (exact) mass is 214 g/mol. The van der Waals surface area contributed by atoms with Crippen LogP contribution < -0.4 is 0 Å². The number of halogens is 1. The van der Waals surface area contributed by atoms with Crippen LogP contribution in [0.1, 0.15) is 13.8 Å². The molecule has 0 aliphatic heterocycles. The molecule has 0 aromatic heterocycles. The van der Waals surface area contributed by atoms with Crippen LogP contribution in [0.4, 0.5) is 4.79 Å². The Kier molecular flexibility index (Phi) is 11.3. The summed E-state index contributed by atoms with van der Waals surface area (Å²) in [7, 11) is 0. The minimum Gasteiger partial charge on any atom is -0.469 e. The van der Waals surface area contributed by atoms with Crippen LogP contribution in [-0.2, 0) is 4.74 Å². The summed E-state index contributed by atoms with van der Waals surface area (Å²) in [5.41, 5.74) is -1.36. The smallest absolute Gasteiger partial charge is 0.401 e. The predicted octanol–water partition coefficient (Wildman–Crippen LogP) is 0.668. The highest BCUT2D eigenvalue weighted by Crippen LogP contribution is 1.90. The number of carboxylic acid groups (broad SMARTS) is 1. The van der Waals surface area contributed by atoms with E-state index in [4.69, 9.17) is 24.9 Å². The zero-order valence-corrected chi connectivity index (χ0v) is 8.36. The molecule has 2 unspecified atom stereocenters. The van der Waals surface area contributed by atoms with Gasteiger partial charge < -0.3 is 20.1 Å². The maximum absolute atomic E-state index is 8.77. The zero-order chi connectivity index (χ0) is 10.9. The van der Waals surface area contributed by atoms with Crippen molar-refractivity contribution in [3.8, 4) is 0 Å². The fraction of sp³-hybridized carbons (Fsp3) is 0.857. The highest BCUT2D eigenvalue weighted by atomic mass is 35.5. The van der Waals surface area contributed by atoms with Gasteiger partial charge in [-0.25, -0.2) is 4.79 Å². The van der Waals surface area contributed by atoms with Crippen molar-refractivity contribution in [3.63, 3.8) is 0 Å². The molecule has 0 aromatic rings. The molecule has 0 aliphatic rings. The Bertz CT molecular complexity index is 124. The molecular weight excluding hydrogens is 200 g/mol. The van der Waals surface area contributed by atoms with Gasteiger partial charge in [0.15, 0.2) is 0 Å². The second-order valence-electron chi connectivity index (χ2n) is 2.43. The van der Waals surface area contributed by atoms with E-state index >= 15 is 0 Å². The lowest BCUT2D eigenvalue weighted by Gasteiger charge is -2.10. The van der Waals surface area contributed by atoms with Crippen LogP contribution in [-0.4, -0.2) is 46.2 Å². The van der Waals surface area contributed by atoms with Crippen LogP contribution in [0.25, 0.3) is 0 Å². The standard InChI is InChI=1S/C6H14O3.CHClO2/c1-5(8)4-9-6(2)3-7;2-1(3)4/h5-8H,3-4H2,1-2H3;(H,3,4). The molecule has 0 heterocycles. The number of hydrogen-bond acceptors (Lipinski definition) is 4. The van der Waals surface area contributed by atoms with Crippen molar-refractivity contribution < 1.29 is 24.9 Å². The molecule has 0 fully saturated rings. The highest BCUT2D eigenvalue weighted by molar-refractivity contribution is 6.60. The van der Waals surface area contributed by atoms with Crippen LogP contribution in [0.2, 0.25) is 0 Å². The Morgan fingerprint density at radius 2 is 1.92 bits per heavy atom. The predicted molar refractivity (Wildman–Crippen MR) is 48.1 cm³/mol. The number of ether oxygens (including phenoxy) is 1. The molecule has 0 bridgehead atoms. The Morgan fingerprint density at radius 3 is 2.15 bits per heavy atom. The van der Waals surface area contributed by atoms with Crippen LogP contribution in [0.3, 0.4) is 0 Å². The summed E-state index contributed by atoms with van der Waals surface area (Å²) in [5.74, 6) is 0. The summed E-state index contributed by atoms with van der Waals surface area (Å²) < 4.78 is 4.95. The number of hydrogen-bond donors (Lipinski definition) is 3. The fourth-order valence-electron chi connectivity index (χ4n) is 0.356. The van der Waals surface area contributed by atoms with E-state index < -0.39 is 11.5 Å². The van der Waals surface area contributed by atoms with Gasteiger partial charge in [-0.05, 0) is 13.8 Å². The van der Waals surface area contributed by atoms with Crippen molar-refractivity contribution in [2.45, 2.75) is 26.1 Å². The minimum absolute atomic E-state index is 0.00667. The second-order valence-corrected chi connectivity index (χ2v) is 2.75. The molecule has 0 saturated heterocycles. The van der Waals surface area contributed by atoms with Gasteiger partial charge in [-0.3, -0.25) is 0 Å².